The first-order chi connectivity index (χ1) is 8.29. The molecule has 4 nitrogen and oxygen atoms in total. The minimum Gasteiger partial charge on any atom is -0.487 e. The van der Waals surface area contributed by atoms with Crippen molar-refractivity contribution >= 4 is 23.1 Å². The standard InChI is InChI=1S/C11H8ClN3OS/c12-11-10(14-15-17-11)7-16-9-3-1-8(2-4-9)5-6-13/h1-4H,5,7H2. The molecule has 1 aromatic carbocycles. The Labute approximate surface area is 108 Å². The van der Waals surface area contributed by atoms with Gasteiger partial charge in [-0.05, 0) is 17.7 Å². The van der Waals surface area contributed by atoms with Gasteiger partial charge in [0.1, 0.15) is 22.4 Å². The van der Waals surface area contributed by atoms with Crippen molar-refractivity contribution in [1.82, 2.24) is 9.59 Å². The second-order valence-corrected chi connectivity index (χ2v) is 4.62. The van der Waals surface area contributed by atoms with Gasteiger partial charge >= 0.3 is 0 Å². The molecule has 0 amide bonds. The second-order valence-electron chi connectivity index (χ2n) is 3.26. The molecule has 86 valence electrons. The Hall–Kier alpha value is -1.64. The van der Waals surface area contributed by atoms with E-state index in [1.54, 1.807) is 0 Å². The monoisotopic (exact) mass is 265 g/mol. The van der Waals surface area contributed by atoms with Crippen molar-refractivity contribution in [2.45, 2.75) is 13.0 Å². The summed E-state index contributed by atoms with van der Waals surface area (Å²) in [4.78, 5) is 0. The first-order valence-electron chi connectivity index (χ1n) is 4.85. The molecule has 0 saturated heterocycles. The third-order valence-electron chi connectivity index (χ3n) is 2.09. The van der Waals surface area contributed by atoms with Crippen LogP contribution in [0.5, 0.6) is 5.75 Å². The van der Waals surface area contributed by atoms with Crippen LogP contribution in [0.4, 0.5) is 0 Å². The Morgan fingerprint density at radius 2 is 2.12 bits per heavy atom. The predicted octanol–water partition coefficient (Wildman–Crippen LogP) is 2.84. The molecule has 2 rings (SSSR count). The first-order valence-corrected chi connectivity index (χ1v) is 6.00. The number of halogens is 1. The molecule has 0 aliphatic carbocycles. The predicted molar refractivity (Wildman–Crippen MR) is 65.0 cm³/mol. The van der Waals surface area contributed by atoms with Gasteiger partial charge in [0.2, 0.25) is 0 Å². The van der Waals surface area contributed by atoms with E-state index in [0.717, 1.165) is 22.8 Å². The second kappa shape index (κ2) is 5.62. The van der Waals surface area contributed by atoms with Gasteiger partial charge < -0.3 is 4.74 Å². The molecular weight excluding hydrogens is 258 g/mol. The fraction of sp³-hybridized carbons (Fsp3) is 0.182. The lowest BCUT2D eigenvalue weighted by Crippen LogP contribution is -1.96. The number of rotatable bonds is 4. The van der Waals surface area contributed by atoms with Crippen molar-refractivity contribution < 1.29 is 4.74 Å². The Morgan fingerprint density at radius 1 is 1.35 bits per heavy atom. The number of benzene rings is 1. The quantitative estimate of drug-likeness (QED) is 0.853. The highest BCUT2D eigenvalue weighted by molar-refractivity contribution is 7.10. The van der Waals surface area contributed by atoms with Crippen LogP contribution in [0.25, 0.3) is 0 Å². The molecule has 0 atom stereocenters. The largest absolute Gasteiger partial charge is 0.487 e. The van der Waals surface area contributed by atoms with E-state index in [2.05, 4.69) is 15.7 Å². The van der Waals surface area contributed by atoms with E-state index in [4.69, 9.17) is 21.6 Å². The van der Waals surface area contributed by atoms with Crippen molar-refractivity contribution in [2.24, 2.45) is 0 Å². The average molecular weight is 266 g/mol. The van der Waals surface area contributed by atoms with Gasteiger partial charge in [0.25, 0.3) is 0 Å². The molecule has 6 heteroatoms. The molecular formula is C11H8ClN3OS. The van der Waals surface area contributed by atoms with Gasteiger partial charge in [-0.15, -0.1) is 5.10 Å². The van der Waals surface area contributed by atoms with Crippen molar-refractivity contribution in [1.29, 1.82) is 5.26 Å². The molecule has 0 spiro atoms. The van der Waals surface area contributed by atoms with Crippen LogP contribution in [-0.2, 0) is 13.0 Å². The van der Waals surface area contributed by atoms with E-state index >= 15 is 0 Å². The number of nitriles is 1. The zero-order valence-electron chi connectivity index (χ0n) is 8.76. The van der Waals surface area contributed by atoms with Gasteiger partial charge in [0, 0.05) is 11.5 Å². The molecule has 0 bridgehead atoms. The summed E-state index contributed by atoms with van der Waals surface area (Å²) in [5.41, 5.74) is 1.60. The highest BCUT2D eigenvalue weighted by atomic mass is 35.5. The molecule has 1 aromatic heterocycles. The molecule has 0 aliphatic rings. The van der Waals surface area contributed by atoms with Crippen LogP contribution >= 0.6 is 23.1 Å². The van der Waals surface area contributed by atoms with Crippen LogP contribution < -0.4 is 4.74 Å². The topological polar surface area (TPSA) is 58.8 Å². The summed E-state index contributed by atoms with van der Waals surface area (Å²) in [7, 11) is 0. The van der Waals surface area contributed by atoms with E-state index in [1.165, 1.54) is 0 Å². The van der Waals surface area contributed by atoms with Crippen molar-refractivity contribution in [3.63, 3.8) is 0 Å². The highest BCUT2D eigenvalue weighted by Crippen LogP contribution is 2.20. The van der Waals surface area contributed by atoms with Crippen molar-refractivity contribution in [3.8, 4) is 11.8 Å². The number of nitrogens with zero attached hydrogens (tertiary/aromatic N) is 3. The Bertz CT molecular complexity index is 532. The lowest BCUT2D eigenvalue weighted by atomic mass is 10.2. The van der Waals surface area contributed by atoms with Gasteiger partial charge in [-0.3, -0.25) is 0 Å². The van der Waals surface area contributed by atoms with Crippen molar-refractivity contribution in [2.75, 3.05) is 0 Å². The van der Waals surface area contributed by atoms with Crippen LogP contribution in [0.2, 0.25) is 4.34 Å². The zero-order valence-corrected chi connectivity index (χ0v) is 10.3. The molecule has 0 saturated carbocycles. The Morgan fingerprint density at radius 3 is 2.71 bits per heavy atom. The number of aromatic nitrogens is 2. The fourth-order valence-corrected chi connectivity index (χ4v) is 1.83. The average Bonchev–Trinajstić information content (AvgIpc) is 2.75. The maximum atomic E-state index is 8.54. The summed E-state index contributed by atoms with van der Waals surface area (Å²) in [6.07, 6.45) is 0.405. The number of hydrogen-bond donors (Lipinski definition) is 0. The molecule has 0 unspecified atom stereocenters. The molecule has 2 aromatic rings. The van der Waals surface area contributed by atoms with Gasteiger partial charge in [-0.2, -0.15) is 5.26 Å². The van der Waals surface area contributed by atoms with Crippen LogP contribution in [0, 0.1) is 11.3 Å². The summed E-state index contributed by atoms with van der Waals surface area (Å²) in [6.45, 7) is 0.299. The van der Waals surface area contributed by atoms with E-state index in [1.807, 2.05) is 24.3 Å². The van der Waals surface area contributed by atoms with E-state index in [0.29, 0.717) is 23.1 Å². The molecule has 0 aliphatic heterocycles. The van der Waals surface area contributed by atoms with E-state index < -0.39 is 0 Å². The number of ether oxygens (including phenoxy) is 1. The van der Waals surface area contributed by atoms with Gasteiger partial charge in [0.05, 0.1) is 12.5 Å². The van der Waals surface area contributed by atoms with Gasteiger partial charge in [-0.1, -0.05) is 28.2 Å². The minimum absolute atomic E-state index is 0.299. The summed E-state index contributed by atoms with van der Waals surface area (Å²) in [6, 6.07) is 9.45. The Kier molecular flexibility index (Phi) is 3.91. The van der Waals surface area contributed by atoms with Gasteiger partial charge in [-0.25, -0.2) is 0 Å². The maximum absolute atomic E-state index is 8.54. The maximum Gasteiger partial charge on any atom is 0.141 e. The SMILES string of the molecule is N#CCc1ccc(OCc2nnsc2Cl)cc1. The van der Waals surface area contributed by atoms with E-state index in [-0.39, 0.29) is 0 Å². The summed E-state index contributed by atoms with van der Waals surface area (Å²) in [5, 5.41) is 12.4. The number of hydrogen-bond acceptors (Lipinski definition) is 5. The summed E-state index contributed by atoms with van der Waals surface area (Å²) >= 11 is 6.99. The molecule has 0 N–H and O–H groups in total. The molecule has 0 fully saturated rings. The molecule has 17 heavy (non-hydrogen) atoms. The van der Waals surface area contributed by atoms with Crippen LogP contribution in [0.3, 0.4) is 0 Å². The lowest BCUT2D eigenvalue weighted by Gasteiger charge is -2.04. The first kappa shape index (κ1) is 11.8. The molecule has 0 radical (unpaired) electrons. The van der Waals surface area contributed by atoms with Crippen LogP contribution in [0.1, 0.15) is 11.3 Å². The smallest absolute Gasteiger partial charge is 0.141 e. The Balaban J connectivity index is 1.96. The third-order valence-corrected chi connectivity index (χ3v) is 3.08. The summed E-state index contributed by atoms with van der Waals surface area (Å²) < 4.78 is 9.76. The molecule has 1 heterocycles. The minimum atomic E-state index is 0.299. The highest BCUT2D eigenvalue weighted by Gasteiger charge is 2.05. The lowest BCUT2D eigenvalue weighted by molar-refractivity contribution is 0.301. The van der Waals surface area contributed by atoms with Crippen molar-refractivity contribution in [3.05, 3.63) is 39.9 Å². The van der Waals surface area contributed by atoms with Gasteiger partial charge in [0.15, 0.2) is 0 Å². The normalized spacial score (nSPS) is 9.88. The van der Waals surface area contributed by atoms with Crippen LogP contribution in [-0.4, -0.2) is 9.59 Å². The van der Waals surface area contributed by atoms with E-state index in [9.17, 15) is 0 Å². The van der Waals surface area contributed by atoms with Crippen LogP contribution in [0.15, 0.2) is 24.3 Å². The zero-order chi connectivity index (χ0) is 12.1. The summed E-state index contributed by atoms with van der Waals surface area (Å²) in [5.74, 6) is 0.718. The third kappa shape index (κ3) is 3.16. The fourth-order valence-electron chi connectivity index (χ4n) is 1.23.